The van der Waals surface area contributed by atoms with Gasteiger partial charge in [0.05, 0.1) is 5.41 Å². The van der Waals surface area contributed by atoms with Crippen LogP contribution in [0.15, 0.2) is 0 Å². The largest absolute Gasteiger partial charge is 0.481 e. The first kappa shape index (κ1) is 15.3. The number of carbonyl (C=O) groups is 2. The predicted molar refractivity (Wildman–Crippen MR) is 77.3 cm³/mol. The van der Waals surface area contributed by atoms with Gasteiger partial charge in [-0.3, -0.25) is 9.59 Å². The van der Waals surface area contributed by atoms with Crippen molar-refractivity contribution in [2.75, 3.05) is 6.54 Å². The Morgan fingerprint density at radius 1 is 1.25 bits per heavy atom. The molecule has 1 N–H and O–H groups in total. The van der Waals surface area contributed by atoms with Crippen molar-refractivity contribution in [1.29, 1.82) is 0 Å². The number of carboxylic acids is 1. The van der Waals surface area contributed by atoms with E-state index in [1.807, 2.05) is 4.90 Å². The summed E-state index contributed by atoms with van der Waals surface area (Å²) >= 11 is 0. The number of rotatable bonds is 3. The Hall–Kier alpha value is -1.06. The topological polar surface area (TPSA) is 57.6 Å². The zero-order valence-electron chi connectivity index (χ0n) is 13.3. The standard InChI is InChI=1S/C16H27NO3/c1-14(2)6-11-7-16(5,9-14)10-17(11)12(18)8-15(3,4)13(19)20/h11H,6-10H2,1-5H3,(H,19,20). The molecule has 2 atom stereocenters. The lowest BCUT2D eigenvalue weighted by Gasteiger charge is -2.39. The number of hydrogen-bond donors (Lipinski definition) is 1. The van der Waals surface area contributed by atoms with Crippen LogP contribution >= 0.6 is 0 Å². The van der Waals surface area contributed by atoms with E-state index >= 15 is 0 Å². The normalized spacial score (nSPS) is 32.2. The van der Waals surface area contributed by atoms with E-state index in [2.05, 4.69) is 20.8 Å². The van der Waals surface area contributed by atoms with Crippen molar-refractivity contribution >= 4 is 11.9 Å². The number of carbonyl (C=O) groups excluding carboxylic acids is 1. The molecular formula is C16H27NO3. The highest BCUT2D eigenvalue weighted by Crippen LogP contribution is 2.52. The monoisotopic (exact) mass is 281 g/mol. The second-order valence-electron chi connectivity index (χ2n) is 8.60. The van der Waals surface area contributed by atoms with E-state index in [9.17, 15) is 14.7 Å². The van der Waals surface area contributed by atoms with Gasteiger partial charge >= 0.3 is 5.97 Å². The summed E-state index contributed by atoms with van der Waals surface area (Å²) in [7, 11) is 0. The van der Waals surface area contributed by atoms with Gasteiger partial charge in [-0.05, 0) is 43.9 Å². The van der Waals surface area contributed by atoms with Gasteiger partial charge in [0.15, 0.2) is 0 Å². The molecule has 2 fully saturated rings. The van der Waals surface area contributed by atoms with Crippen LogP contribution in [-0.4, -0.2) is 34.5 Å². The highest BCUT2D eigenvalue weighted by molar-refractivity contribution is 5.84. The number of hydrogen-bond acceptors (Lipinski definition) is 2. The summed E-state index contributed by atoms with van der Waals surface area (Å²) in [5.41, 5.74) is -0.505. The van der Waals surface area contributed by atoms with Gasteiger partial charge in [-0.1, -0.05) is 20.8 Å². The smallest absolute Gasteiger partial charge is 0.309 e. The first-order valence-electron chi connectivity index (χ1n) is 7.47. The predicted octanol–water partition coefficient (Wildman–Crippen LogP) is 2.91. The molecule has 114 valence electrons. The number of carboxylic acid groups (broad SMARTS) is 1. The Kier molecular flexibility index (Phi) is 3.43. The summed E-state index contributed by atoms with van der Waals surface area (Å²) in [6, 6.07) is 0.292. The highest BCUT2D eigenvalue weighted by Gasteiger charge is 2.51. The molecule has 2 bridgehead atoms. The Morgan fingerprint density at radius 2 is 1.85 bits per heavy atom. The maximum atomic E-state index is 12.5. The maximum Gasteiger partial charge on any atom is 0.309 e. The summed E-state index contributed by atoms with van der Waals surface area (Å²) in [6.45, 7) is 10.8. The van der Waals surface area contributed by atoms with Crippen LogP contribution in [0.5, 0.6) is 0 Å². The number of fused-ring (bicyclic) bond motifs is 2. The van der Waals surface area contributed by atoms with Crippen LogP contribution in [0.1, 0.15) is 60.3 Å². The van der Waals surface area contributed by atoms with Gasteiger partial charge in [-0.25, -0.2) is 0 Å². The van der Waals surface area contributed by atoms with E-state index in [4.69, 9.17) is 0 Å². The Morgan fingerprint density at radius 3 is 2.40 bits per heavy atom. The van der Waals surface area contributed by atoms with E-state index in [-0.39, 0.29) is 23.2 Å². The molecule has 2 unspecified atom stereocenters. The lowest BCUT2D eigenvalue weighted by Crippen LogP contribution is -2.40. The second-order valence-corrected chi connectivity index (χ2v) is 8.60. The molecule has 0 spiro atoms. The zero-order valence-corrected chi connectivity index (χ0v) is 13.3. The quantitative estimate of drug-likeness (QED) is 0.865. The lowest BCUT2D eigenvalue weighted by atomic mass is 9.65. The van der Waals surface area contributed by atoms with Crippen molar-refractivity contribution in [2.45, 2.75) is 66.3 Å². The van der Waals surface area contributed by atoms with Crippen molar-refractivity contribution in [3.63, 3.8) is 0 Å². The van der Waals surface area contributed by atoms with Crippen LogP contribution in [0, 0.1) is 16.2 Å². The minimum Gasteiger partial charge on any atom is -0.481 e. The van der Waals surface area contributed by atoms with Crippen LogP contribution < -0.4 is 0 Å². The van der Waals surface area contributed by atoms with Gasteiger partial charge < -0.3 is 10.0 Å². The Labute approximate surface area is 121 Å². The van der Waals surface area contributed by atoms with Crippen LogP contribution in [-0.2, 0) is 9.59 Å². The average Bonchev–Trinajstić information content (AvgIpc) is 2.46. The number of nitrogens with zero attached hydrogens (tertiary/aromatic N) is 1. The summed E-state index contributed by atoms with van der Waals surface area (Å²) in [6.07, 6.45) is 3.33. The summed E-state index contributed by atoms with van der Waals surface area (Å²) in [5, 5.41) is 9.18. The molecule has 4 nitrogen and oxygen atoms in total. The third-order valence-corrected chi connectivity index (χ3v) is 4.91. The van der Waals surface area contributed by atoms with E-state index in [1.54, 1.807) is 13.8 Å². The average molecular weight is 281 g/mol. The molecule has 0 aromatic carbocycles. The fourth-order valence-electron chi connectivity index (χ4n) is 4.31. The second kappa shape index (κ2) is 4.47. The molecule has 1 aliphatic carbocycles. The van der Waals surface area contributed by atoms with E-state index in [1.165, 1.54) is 0 Å². The summed E-state index contributed by atoms with van der Waals surface area (Å²) in [5.74, 6) is -0.900. The fourth-order valence-corrected chi connectivity index (χ4v) is 4.31. The molecule has 1 saturated carbocycles. The Bertz CT molecular complexity index is 441. The number of aliphatic carboxylic acids is 1. The van der Waals surface area contributed by atoms with Crippen molar-refractivity contribution in [3.05, 3.63) is 0 Å². The SMILES string of the molecule is CC1(C)CC2CC(C)(CN2C(=O)CC(C)(C)C(=O)O)C1. The molecule has 20 heavy (non-hydrogen) atoms. The van der Waals surface area contributed by atoms with Crippen LogP contribution in [0.2, 0.25) is 0 Å². The molecule has 1 amide bonds. The third kappa shape index (κ3) is 2.84. The van der Waals surface area contributed by atoms with E-state index in [0.29, 0.717) is 6.04 Å². The zero-order chi connectivity index (χ0) is 15.3. The minimum absolute atomic E-state index is 0.00354. The van der Waals surface area contributed by atoms with Crippen molar-refractivity contribution in [2.24, 2.45) is 16.2 Å². The van der Waals surface area contributed by atoms with Crippen LogP contribution in [0.4, 0.5) is 0 Å². The lowest BCUT2D eigenvalue weighted by molar-refractivity contribution is -0.151. The van der Waals surface area contributed by atoms with Gasteiger partial charge in [-0.15, -0.1) is 0 Å². The first-order chi connectivity index (χ1) is 8.94. The summed E-state index contributed by atoms with van der Waals surface area (Å²) < 4.78 is 0. The fraction of sp³-hybridized carbons (Fsp3) is 0.875. The van der Waals surface area contributed by atoms with Crippen molar-refractivity contribution in [3.8, 4) is 0 Å². The maximum absolute atomic E-state index is 12.5. The van der Waals surface area contributed by atoms with E-state index in [0.717, 1.165) is 25.8 Å². The molecule has 1 aliphatic heterocycles. The molecule has 4 heteroatoms. The Balaban J connectivity index is 2.12. The molecule has 2 aliphatic rings. The molecule has 0 radical (unpaired) electrons. The first-order valence-corrected chi connectivity index (χ1v) is 7.47. The van der Waals surface area contributed by atoms with Gasteiger partial charge in [-0.2, -0.15) is 0 Å². The van der Waals surface area contributed by atoms with Gasteiger partial charge in [0.2, 0.25) is 5.91 Å². The number of amides is 1. The van der Waals surface area contributed by atoms with Crippen molar-refractivity contribution < 1.29 is 14.7 Å². The van der Waals surface area contributed by atoms with Crippen LogP contribution in [0.3, 0.4) is 0 Å². The van der Waals surface area contributed by atoms with Crippen molar-refractivity contribution in [1.82, 2.24) is 4.90 Å². The minimum atomic E-state index is -0.982. The summed E-state index contributed by atoms with van der Waals surface area (Å²) in [4.78, 5) is 25.7. The van der Waals surface area contributed by atoms with Gasteiger partial charge in [0, 0.05) is 19.0 Å². The van der Waals surface area contributed by atoms with Crippen LogP contribution in [0.25, 0.3) is 0 Å². The molecule has 2 rings (SSSR count). The molecular weight excluding hydrogens is 254 g/mol. The third-order valence-electron chi connectivity index (χ3n) is 4.91. The number of likely N-dealkylation sites (tertiary alicyclic amines) is 1. The molecule has 0 aromatic rings. The molecule has 1 heterocycles. The van der Waals surface area contributed by atoms with Gasteiger partial charge in [0.1, 0.15) is 0 Å². The molecule has 1 saturated heterocycles. The molecule has 0 aromatic heterocycles. The van der Waals surface area contributed by atoms with Gasteiger partial charge in [0.25, 0.3) is 0 Å². The highest BCUT2D eigenvalue weighted by atomic mass is 16.4. The van der Waals surface area contributed by atoms with E-state index < -0.39 is 11.4 Å².